The number of nitrogens with zero attached hydrogens (tertiary/aromatic N) is 1. The Labute approximate surface area is 54.0 Å². The molecule has 9 heavy (non-hydrogen) atoms. The van der Waals surface area contributed by atoms with Crippen LogP contribution in [0.2, 0.25) is 0 Å². The molecule has 0 aliphatic carbocycles. The van der Waals surface area contributed by atoms with Crippen LogP contribution in [-0.4, -0.2) is 36.4 Å². The minimum atomic E-state index is 0.233. The van der Waals surface area contributed by atoms with Gasteiger partial charge in [-0.25, -0.2) is 5.06 Å². The van der Waals surface area contributed by atoms with Crippen LogP contribution in [0.4, 0.5) is 0 Å². The second-order valence-corrected chi connectivity index (χ2v) is 1.47. The van der Waals surface area contributed by atoms with Crippen LogP contribution < -0.4 is 0 Å². The maximum atomic E-state index is 9.72. The number of amides is 1. The average Bonchev–Trinajstić information content (AvgIpc) is 1.89. The summed E-state index contributed by atoms with van der Waals surface area (Å²) >= 11 is 0. The van der Waals surface area contributed by atoms with Crippen molar-refractivity contribution in [2.75, 3.05) is 19.8 Å². The Bertz CT molecular complexity index is 76.6. The minimum Gasteiger partial charge on any atom is -0.380 e. The first-order valence-electron chi connectivity index (χ1n) is 2.79. The Morgan fingerprint density at radius 1 is 1.78 bits per heavy atom. The molecule has 0 aromatic carbocycles. The molecule has 4 heteroatoms. The lowest BCUT2D eigenvalue weighted by Gasteiger charge is -2.06. The third kappa shape index (κ3) is 5.26. The number of carbonyl (C=O) groups excluding carboxylic acids is 1. The lowest BCUT2D eigenvalue weighted by atomic mass is 10.7. The molecule has 0 aliphatic heterocycles. The summed E-state index contributed by atoms with van der Waals surface area (Å²) in [7, 11) is 0. The summed E-state index contributed by atoms with van der Waals surface area (Å²) < 4.78 is 4.85. The first kappa shape index (κ1) is 8.39. The molecule has 54 valence electrons. The monoisotopic (exact) mass is 133 g/mol. The molecule has 0 saturated carbocycles. The standard InChI is InChI=1S/C5H11NO3/c1-2-9-4-3-6(8)5-7/h5,8H,2-4H2,1H3. The molecule has 4 nitrogen and oxygen atoms in total. The van der Waals surface area contributed by atoms with E-state index in [1.165, 1.54) is 0 Å². The maximum absolute atomic E-state index is 9.72. The summed E-state index contributed by atoms with van der Waals surface area (Å²) in [4.78, 5) is 9.72. The third-order valence-corrected chi connectivity index (χ3v) is 0.791. The summed E-state index contributed by atoms with van der Waals surface area (Å²) in [6, 6.07) is 0. The molecule has 0 aliphatic rings. The molecule has 0 spiro atoms. The summed E-state index contributed by atoms with van der Waals surface area (Å²) in [6.07, 6.45) is 0.346. The zero-order chi connectivity index (χ0) is 7.11. The summed E-state index contributed by atoms with van der Waals surface area (Å²) in [5, 5.41) is 9.02. The number of hydroxylamine groups is 2. The topological polar surface area (TPSA) is 49.8 Å². The van der Waals surface area contributed by atoms with Crippen molar-refractivity contribution >= 4 is 6.41 Å². The zero-order valence-electron chi connectivity index (χ0n) is 5.41. The second kappa shape index (κ2) is 5.53. The number of hydrogen-bond acceptors (Lipinski definition) is 3. The Hall–Kier alpha value is -0.610. The van der Waals surface area contributed by atoms with E-state index >= 15 is 0 Å². The van der Waals surface area contributed by atoms with E-state index in [1.54, 1.807) is 0 Å². The van der Waals surface area contributed by atoms with E-state index < -0.39 is 0 Å². The van der Waals surface area contributed by atoms with Crippen molar-refractivity contribution in [3.05, 3.63) is 0 Å². The van der Waals surface area contributed by atoms with E-state index in [0.29, 0.717) is 24.7 Å². The smallest absolute Gasteiger partial charge is 0.233 e. The molecule has 0 atom stereocenters. The maximum Gasteiger partial charge on any atom is 0.233 e. The van der Waals surface area contributed by atoms with E-state index in [-0.39, 0.29) is 6.54 Å². The zero-order valence-corrected chi connectivity index (χ0v) is 5.41. The molecule has 0 aromatic heterocycles. The molecule has 0 fully saturated rings. The molecular weight excluding hydrogens is 122 g/mol. The SMILES string of the molecule is CCOCCN(O)C=O. The third-order valence-electron chi connectivity index (χ3n) is 0.791. The Morgan fingerprint density at radius 2 is 2.44 bits per heavy atom. The van der Waals surface area contributed by atoms with Crippen molar-refractivity contribution in [1.29, 1.82) is 0 Å². The first-order chi connectivity index (χ1) is 4.31. The molecule has 0 saturated heterocycles. The second-order valence-electron chi connectivity index (χ2n) is 1.47. The normalized spacial score (nSPS) is 9.11. The van der Waals surface area contributed by atoms with E-state index in [9.17, 15) is 4.79 Å². The lowest BCUT2D eigenvalue weighted by Crippen LogP contribution is -2.21. The molecule has 0 heterocycles. The van der Waals surface area contributed by atoms with Crippen molar-refractivity contribution in [2.24, 2.45) is 0 Å². The summed E-state index contributed by atoms with van der Waals surface area (Å²) in [6.45, 7) is 3.07. The van der Waals surface area contributed by atoms with Crippen LogP contribution in [0.5, 0.6) is 0 Å². The van der Waals surface area contributed by atoms with Crippen LogP contribution in [0.25, 0.3) is 0 Å². The highest BCUT2D eigenvalue weighted by Gasteiger charge is 1.92. The Balaban J connectivity index is 2.96. The number of ether oxygens (including phenoxy) is 1. The van der Waals surface area contributed by atoms with Gasteiger partial charge in [0.1, 0.15) is 0 Å². The fourth-order valence-electron chi connectivity index (χ4n) is 0.355. The van der Waals surface area contributed by atoms with E-state index in [0.717, 1.165) is 0 Å². The number of carbonyl (C=O) groups is 1. The van der Waals surface area contributed by atoms with Crippen molar-refractivity contribution in [3.8, 4) is 0 Å². The largest absolute Gasteiger partial charge is 0.380 e. The molecule has 1 N–H and O–H groups in total. The van der Waals surface area contributed by atoms with Gasteiger partial charge in [-0.1, -0.05) is 0 Å². The molecule has 0 rings (SSSR count). The molecule has 0 radical (unpaired) electrons. The van der Waals surface area contributed by atoms with Crippen LogP contribution in [0.15, 0.2) is 0 Å². The van der Waals surface area contributed by atoms with Crippen LogP contribution in [0.3, 0.4) is 0 Å². The number of hydrogen-bond donors (Lipinski definition) is 1. The molecule has 0 bridgehead atoms. The highest BCUT2D eigenvalue weighted by molar-refractivity contribution is 5.44. The molecular formula is C5H11NO3. The minimum absolute atomic E-state index is 0.233. The highest BCUT2D eigenvalue weighted by atomic mass is 16.5. The molecule has 1 amide bonds. The van der Waals surface area contributed by atoms with Gasteiger partial charge in [0.25, 0.3) is 0 Å². The van der Waals surface area contributed by atoms with E-state index in [1.807, 2.05) is 6.92 Å². The highest BCUT2D eigenvalue weighted by Crippen LogP contribution is 1.76. The van der Waals surface area contributed by atoms with Gasteiger partial charge in [-0.2, -0.15) is 0 Å². The summed E-state index contributed by atoms with van der Waals surface area (Å²) in [5.74, 6) is 0. The van der Waals surface area contributed by atoms with Gasteiger partial charge in [-0.05, 0) is 6.92 Å². The van der Waals surface area contributed by atoms with E-state index in [2.05, 4.69) is 0 Å². The van der Waals surface area contributed by atoms with Gasteiger partial charge >= 0.3 is 0 Å². The van der Waals surface area contributed by atoms with Crippen LogP contribution in [-0.2, 0) is 9.53 Å². The van der Waals surface area contributed by atoms with Crippen molar-refractivity contribution in [3.63, 3.8) is 0 Å². The van der Waals surface area contributed by atoms with Gasteiger partial charge in [-0.3, -0.25) is 10.0 Å². The van der Waals surface area contributed by atoms with Crippen molar-refractivity contribution in [2.45, 2.75) is 6.92 Å². The van der Waals surface area contributed by atoms with Gasteiger partial charge in [0.15, 0.2) is 0 Å². The van der Waals surface area contributed by atoms with Crippen LogP contribution >= 0.6 is 0 Å². The predicted octanol–water partition coefficient (Wildman–Crippen LogP) is -0.129. The van der Waals surface area contributed by atoms with Gasteiger partial charge < -0.3 is 4.74 Å². The fourth-order valence-corrected chi connectivity index (χ4v) is 0.355. The lowest BCUT2D eigenvalue weighted by molar-refractivity contribution is -0.152. The van der Waals surface area contributed by atoms with E-state index in [4.69, 9.17) is 9.94 Å². The Morgan fingerprint density at radius 3 is 2.89 bits per heavy atom. The quantitative estimate of drug-likeness (QED) is 0.246. The molecule has 0 aromatic rings. The van der Waals surface area contributed by atoms with Gasteiger partial charge in [-0.15, -0.1) is 0 Å². The number of rotatable bonds is 5. The average molecular weight is 133 g/mol. The fraction of sp³-hybridized carbons (Fsp3) is 0.800. The van der Waals surface area contributed by atoms with Gasteiger partial charge in [0, 0.05) is 6.61 Å². The van der Waals surface area contributed by atoms with Crippen LogP contribution in [0.1, 0.15) is 6.92 Å². The Kier molecular flexibility index (Phi) is 5.15. The van der Waals surface area contributed by atoms with Crippen LogP contribution in [0, 0.1) is 0 Å². The van der Waals surface area contributed by atoms with Crippen molar-refractivity contribution in [1.82, 2.24) is 5.06 Å². The molecule has 0 unspecified atom stereocenters. The van der Waals surface area contributed by atoms with Gasteiger partial charge in [0.05, 0.1) is 13.2 Å². The van der Waals surface area contributed by atoms with Gasteiger partial charge in [0.2, 0.25) is 6.41 Å². The van der Waals surface area contributed by atoms with Crippen molar-refractivity contribution < 1.29 is 14.7 Å². The predicted molar refractivity (Wildman–Crippen MR) is 31.0 cm³/mol. The summed E-state index contributed by atoms with van der Waals surface area (Å²) in [5.41, 5.74) is 0. The first-order valence-corrected chi connectivity index (χ1v) is 2.79.